The number of carbonyl (C=O) groups excluding carboxylic acids is 3. The first-order chi connectivity index (χ1) is 12.4. The molecular weight excluding hydrogens is 400 g/mol. The number of carbonyl (C=O) groups is 3. The number of amides is 4. The van der Waals surface area contributed by atoms with Gasteiger partial charge in [0.05, 0.1) is 12.8 Å². The predicted molar refractivity (Wildman–Crippen MR) is 101 cm³/mol. The van der Waals surface area contributed by atoms with Crippen molar-refractivity contribution < 1.29 is 19.1 Å². The van der Waals surface area contributed by atoms with E-state index in [1.807, 2.05) is 6.92 Å². The number of rotatable bonds is 3. The van der Waals surface area contributed by atoms with Crippen LogP contribution in [0.3, 0.4) is 0 Å². The van der Waals surface area contributed by atoms with Gasteiger partial charge in [0.1, 0.15) is 11.3 Å². The smallest absolute Gasteiger partial charge is 0.335 e. The number of anilines is 1. The number of halogens is 1. The molecule has 0 aromatic heterocycles. The summed E-state index contributed by atoms with van der Waals surface area (Å²) in [5.41, 5.74) is 1.77. The molecule has 132 valence electrons. The summed E-state index contributed by atoms with van der Waals surface area (Å²) in [6.45, 7) is 1.90. The Bertz CT molecular complexity index is 935. The molecule has 0 spiro atoms. The highest BCUT2D eigenvalue weighted by molar-refractivity contribution is 9.10. The normalized spacial score (nSPS) is 16.0. The minimum Gasteiger partial charge on any atom is -0.496 e. The lowest BCUT2D eigenvalue weighted by Crippen LogP contribution is -2.54. The second kappa shape index (κ2) is 7.13. The molecule has 1 N–H and O–H groups in total. The molecule has 6 nitrogen and oxygen atoms in total. The van der Waals surface area contributed by atoms with Gasteiger partial charge >= 0.3 is 6.03 Å². The maximum absolute atomic E-state index is 12.8. The van der Waals surface area contributed by atoms with E-state index >= 15 is 0 Å². The first-order valence-corrected chi connectivity index (χ1v) is 8.51. The van der Waals surface area contributed by atoms with E-state index in [1.54, 1.807) is 42.5 Å². The van der Waals surface area contributed by atoms with Crippen LogP contribution in [0, 0.1) is 6.92 Å². The Morgan fingerprint density at radius 2 is 1.77 bits per heavy atom. The van der Waals surface area contributed by atoms with E-state index in [4.69, 9.17) is 4.74 Å². The average Bonchev–Trinajstić information content (AvgIpc) is 2.60. The molecule has 1 aliphatic rings. The first kappa shape index (κ1) is 17.9. The van der Waals surface area contributed by atoms with Crippen LogP contribution in [-0.2, 0) is 9.59 Å². The van der Waals surface area contributed by atoms with Crippen molar-refractivity contribution in [2.75, 3.05) is 12.0 Å². The molecule has 0 aliphatic carbocycles. The molecule has 0 atom stereocenters. The van der Waals surface area contributed by atoms with Crippen molar-refractivity contribution in [3.8, 4) is 5.75 Å². The summed E-state index contributed by atoms with van der Waals surface area (Å²) in [7, 11) is 1.50. The second-order valence-electron chi connectivity index (χ2n) is 5.68. The van der Waals surface area contributed by atoms with Gasteiger partial charge in [-0.25, -0.2) is 9.69 Å². The first-order valence-electron chi connectivity index (χ1n) is 7.72. The third-order valence-corrected chi connectivity index (χ3v) is 4.38. The van der Waals surface area contributed by atoms with Gasteiger partial charge in [0.15, 0.2) is 0 Å². The fourth-order valence-corrected chi connectivity index (χ4v) is 2.94. The molecule has 1 aliphatic heterocycles. The lowest BCUT2D eigenvalue weighted by molar-refractivity contribution is -0.122. The average molecular weight is 415 g/mol. The zero-order valence-electron chi connectivity index (χ0n) is 14.1. The number of ether oxygens (including phenoxy) is 1. The monoisotopic (exact) mass is 414 g/mol. The number of imide groups is 2. The van der Waals surface area contributed by atoms with E-state index in [0.717, 1.165) is 14.9 Å². The lowest BCUT2D eigenvalue weighted by atomic mass is 10.1. The van der Waals surface area contributed by atoms with Crippen molar-refractivity contribution in [2.24, 2.45) is 0 Å². The van der Waals surface area contributed by atoms with Crippen LogP contribution in [0.25, 0.3) is 6.08 Å². The summed E-state index contributed by atoms with van der Waals surface area (Å²) >= 11 is 3.35. The predicted octanol–water partition coefficient (Wildman–Crippen LogP) is 3.43. The van der Waals surface area contributed by atoms with Crippen molar-refractivity contribution in [2.45, 2.75) is 6.92 Å². The van der Waals surface area contributed by atoms with Crippen molar-refractivity contribution in [3.05, 3.63) is 63.6 Å². The molecule has 0 bridgehead atoms. The number of nitrogens with zero attached hydrogens (tertiary/aromatic N) is 1. The Kier molecular flexibility index (Phi) is 4.90. The van der Waals surface area contributed by atoms with Gasteiger partial charge in [-0.2, -0.15) is 0 Å². The Balaban J connectivity index is 2.06. The maximum Gasteiger partial charge on any atom is 0.335 e. The van der Waals surface area contributed by atoms with Gasteiger partial charge in [-0.05, 0) is 43.3 Å². The summed E-state index contributed by atoms with van der Waals surface area (Å²) in [6.07, 6.45) is 1.41. The van der Waals surface area contributed by atoms with Crippen molar-refractivity contribution in [3.63, 3.8) is 0 Å². The van der Waals surface area contributed by atoms with E-state index in [1.165, 1.54) is 13.2 Å². The fourth-order valence-electron chi connectivity index (χ4n) is 2.56. The van der Waals surface area contributed by atoms with Gasteiger partial charge in [-0.3, -0.25) is 14.9 Å². The number of aryl methyl sites for hydroxylation is 1. The lowest BCUT2D eigenvalue weighted by Gasteiger charge is -2.26. The number of hydrogen-bond donors (Lipinski definition) is 1. The van der Waals surface area contributed by atoms with E-state index in [9.17, 15) is 14.4 Å². The summed E-state index contributed by atoms with van der Waals surface area (Å²) in [5.74, 6) is -0.935. The molecule has 3 rings (SSSR count). The van der Waals surface area contributed by atoms with E-state index < -0.39 is 17.8 Å². The Morgan fingerprint density at radius 1 is 1.08 bits per heavy atom. The highest BCUT2D eigenvalue weighted by Crippen LogP contribution is 2.27. The van der Waals surface area contributed by atoms with E-state index in [2.05, 4.69) is 21.2 Å². The number of methoxy groups -OCH3 is 1. The minimum absolute atomic E-state index is 0.151. The molecule has 26 heavy (non-hydrogen) atoms. The number of benzene rings is 2. The Hall–Kier alpha value is -2.93. The number of urea groups is 1. The zero-order valence-corrected chi connectivity index (χ0v) is 15.7. The molecule has 2 aromatic carbocycles. The molecule has 1 fully saturated rings. The van der Waals surface area contributed by atoms with Crippen LogP contribution in [0.4, 0.5) is 10.5 Å². The standard InChI is InChI=1S/C19H15BrN2O4/c1-11-3-6-14(7-4-11)22-18(24)15(17(23)21-19(22)25)10-12-9-13(20)5-8-16(12)26-2/h3-10H,1-2H3,(H,21,23,25)/b15-10+. The minimum atomic E-state index is -0.776. The summed E-state index contributed by atoms with van der Waals surface area (Å²) in [5, 5.41) is 2.20. The summed E-state index contributed by atoms with van der Waals surface area (Å²) in [4.78, 5) is 38.2. The molecule has 1 heterocycles. The van der Waals surface area contributed by atoms with Crippen LogP contribution in [0.1, 0.15) is 11.1 Å². The topological polar surface area (TPSA) is 75.7 Å². The third-order valence-electron chi connectivity index (χ3n) is 3.89. The zero-order chi connectivity index (χ0) is 18.8. The van der Waals surface area contributed by atoms with Gasteiger partial charge in [-0.1, -0.05) is 33.6 Å². The highest BCUT2D eigenvalue weighted by Gasteiger charge is 2.36. The van der Waals surface area contributed by atoms with Crippen LogP contribution < -0.4 is 15.0 Å². The number of barbiturate groups is 1. The quantitative estimate of drug-likeness (QED) is 0.616. The molecule has 0 saturated carbocycles. The van der Waals surface area contributed by atoms with Crippen LogP contribution in [0.5, 0.6) is 5.75 Å². The second-order valence-corrected chi connectivity index (χ2v) is 6.60. The van der Waals surface area contributed by atoms with Crippen molar-refractivity contribution in [1.82, 2.24) is 5.32 Å². The molecule has 2 aromatic rings. The number of nitrogens with one attached hydrogen (secondary N) is 1. The van der Waals surface area contributed by atoms with Crippen LogP contribution >= 0.6 is 15.9 Å². The fraction of sp³-hybridized carbons (Fsp3) is 0.105. The molecule has 7 heteroatoms. The van der Waals surface area contributed by atoms with Crippen molar-refractivity contribution >= 4 is 45.5 Å². The van der Waals surface area contributed by atoms with Gasteiger partial charge in [0, 0.05) is 10.0 Å². The summed E-state index contributed by atoms with van der Waals surface area (Å²) < 4.78 is 6.03. The van der Waals surface area contributed by atoms with Crippen LogP contribution in [0.15, 0.2) is 52.5 Å². The molecule has 0 radical (unpaired) electrons. The SMILES string of the molecule is COc1ccc(Br)cc1/C=C1\C(=O)NC(=O)N(c2ccc(C)cc2)C1=O. The van der Waals surface area contributed by atoms with Crippen LogP contribution in [0.2, 0.25) is 0 Å². The maximum atomic E-state index is 12.8. The van der Waals surface area contributed by atoms with E-state index in [0.29, 0.717) is 17.0 Å². The molecule has 0 unspecified atom stereocenters. The van der Waals surface area contributed by atoms with Gasteiger partial charge in [0.2, 0.25) is 0 Å². The third kappa shape index (κ3) is 3.39. The van der Waals surface area contributed by atoms with Gasteiger partial charge in [-0.15, -0.1) is 0 Å². The largest absolute Gasteiger partial charge is 0.496 e. The number of hydrogen-bond acceptors (Lipinski definition) is 4. The van der Waals surface area contributed by atoms with Gasteiger partial charge < -0.3 is 4.74 Å². The van der Waals surface area contributed by atoms with Gasteiger partial charge in [0.25, 0.3) is 11.8 Å². The van der Waals surface area contributed by atoms with E-state index in [-0.39, 0.29) is 5.57 Å². The molecule has 4 amide bonds. The Morgan fingerprint density at radius 3 is 2.42 bits per heavy atom. The molecule has 1 saturated heterocycles. The summed E-state index contributed by atoms with van der Waals surface area (Å²) in [6, 6.07) is 11.3. The Labute approximate surface area is 158 Å². The molecular formula is C19H15BrN2O4. The highest BCUT2D eigenvalue weighted by atomic mass is 79.9. The van der Waals surface area contributed by atoms with Crippen LogP contribution in [-0.4, -0.2) is 25.0 Å². The van der Waals surface area contributed by atoms with Crippen molar-refractivity contribution in [1.29, 1.82) is 0 Å².